The Morgan fingerprint density at radius 3 is 2.17 bits per heavy atom. The lowest BCUT2D eigenvalue weighted by atomic mass is 9.83. The second kappa shape index (κ2) is 12.4. The van der Waals surface area contributed by atoms with Gasteiger partial charge in [-0.2, -0.15) is 0 Å². The predicted octanol–water partition coefficient (Wildman–Crippen LogP) is 5.03. The largest absolute Gasteiger partial charge is 0.326 e. The first-order valence-corrected chi connectivity index (χ1v) is 13.8. The molecule has 1 aliphatic carbocycles. The molecule has 0 atom stereocenters. The Labute approximate surface area is 238 Å². The third-order valence-corrected chi connectivity index (χ3v) is 6.84. The molecule has 2 aromatic carbocycles. The first-order chi connectivity index (χ1) is 19.4. The summed E-state index contributed by atoms with van der Waals surface area (Å²) in [6.45, 7) is 7.64. The molecule has 3 aromatic rings. The van der Waals surface area contributed by atoms with Gasteiger partial charge < -0.3 is 15.4 Å². The molecule has 214 valence electrons. The van der Waals surface area contributed by atoms with Crippen molar-refractivity contribution >= 4 is 40.5 Å². The minimum Gasteiger partial charge on any atom is -0.326 e. The summed E-state index contributed by atoms with van der Waals surface area (Å²) in [5.41, 5.74) is 2.74. The van der Waals surface area contributed by atoms with Crippen LogP contribution in [0.5, 0.6) is 0 Å². The lowest BCUT2D eigenvalue weighted by Crippen LogP contribution is -2.28. The average Bonchev–Trinajstić information content (AvgIpc) is 3.36. The lowest BCUT2D eigenvalue weighted by molar-refractivity contribution is -0.123. The van der Waals surface area contributed by atoms with Crippen LogP contribution in [0.1, 0.15) is 86.2 Å². The molecular weight excluding hydrogens is 522 g/mol. The number of nitrogens with one attached hydrogen (secondary N) is 2. The van der Waals surface area contributed by atoms with Gasteiger partial charge in [0.1, 0.15) is 5.78 Å². The Morgan fingerprint density at radius 1 is 0.805 bits per heavy atom. The van der Waals surface area contributed by atoms with E-state index in [2.05, 4.69) is 20.9 Å². The maximum Gasteiger partial charge on any atom is 0.234 e. The van der Waals surface area contributed by atoms with E-state index in [4.69, 9.17) is 0 Å². The number of fused-ring (bicyclic) bond motifs is 3. The van der Waals surface area contributed by atoms with E-state index in [1.165, 1.54) is 6.07 Å². The van der Waals surface area contributed by atoms with Crippen molar-refractivity contribution in [2.45, 2.75) is 72.8 Å². The van der Waals surface area contributed by atoms with Gasteiger partial charge in [0.25, 0.3) is 0 Å². The molecule has 0 bridgehead atoms. The molecule has 2 N–H and O–H groups in total. The van der Waals surface area contributed by atoms with Crippen LogP contribution in [0.25, 0.3) is 11.1 Å². The van der Waals surface area contributed by atoms with Crippen LogP contribution >= 0.6 is 0 Å². The van der Waals surface area contributed by atoms with Gasteiger partial charge in [-0.1, -0.05) is 32.1 Å². The van der Waals surface area contributed by atoms with Gasteiger partial charge in [0.15, 0.2) is 0 Å². The summed E-state index contributed by atoms with van der Waals surface area (Å²) in [7, 11) is 0. The molecule has 0 spiro atoms. The van der Waals surface area contributed by atoms with Gasteiger partial charge in [-0.25, -0.2) is 0 Å². The summed E-state index contributed by atoms with van der Waals surface area (Å²) < 4.78 is 1.76. The van der Waals surface area contributed by atoms with Crippen molar-refractivity contribution in [3.8, 4) is 11.1 Å². The van der Waals surface area contributed by atoms with E-state index < -0.39 is 17.0 Å². The highest BCUT2D eigenvalue weighted by atomic mass is 16.2. The van der Waals surface area contributed by atoms with Gasteiger partial charge >= 0.3 is 0 Å². The number of Topliss-reactive ketones (excluding diaryl/α,β-unsaturated/α-hetero) is 3. The molecular formula is C31H35N5O5. The molecule has 1 heterocycles. The Bertz CT molecular complexity index is 1520. The van der Waals surface area contributed by atoms with E-state index in [1.54, 1.807) is 62.7 Å². The van der Waals surface area contributed by atoms with Crippen LogP contribution in [0, 0.1) is 5.41 Å². The highest BCUT2D eigenvalue weighted by molar-refractivity contribution is 6.53. The average molecular weight is 558 g/mol. The molecule has 2 amide bonds. The molecule has 0 radical (unpaired) electrons. The number of carbonyl (C=O) groups excluding carboxylic acids is 5. The number of rotatable bonds is 11. The van der Waals surface area contributed by atoms with Gasteiger partial charge in [0.05, 0.1) is 5.69 Å². The Kier molecular flexibility index (Phi) is 8.90. The van der Waals surface area contributed by atoms with Crippen LogP contribution in [0.3, 0.4) is 0 Å². The van der Waals surface area contributed by atoms with Crippen molar-refractivity contribution in [2.24, 2.45) is 5.41 Å². The second-order valence-corrected chi connectivity index (χ2v) is 11.4. The smallest absolute Gasteiger partial charge is 0.234 e. The number of benzene rings is 2. The zero-order valence-electron chi connectivity index (χ0n) is 23.9. The molecule has 10 nitrogen and oxygen atoms in total. The summed E-state index contributed by atoms with van der Waals surface area (Å²) in [4.78, 5) is 61.8. The number of aryl methyl sites for hydroxylation is 2. The minimum absolute atomic E-state index is 0.180. The molecule has 41 heavy (non-hydrogen) atoms. The number of aromatic nitrogens is 3. The summed E-state index contributed by atoms with van der Waals surface area (Å²) in [6.07, 6.45) is 5.56. The maximum atomic E-state index is 12.8. The van der Waals surface area contributed by atoms with E-state index in [0.717, 1.165) is 18.5 Å². The monoisotopic (exact) mass is 557 g/mol. The number of hydrogen-bond acceptors (Lipinski definition) is 7. The Morgan fingerprint density at radius 2 is 1.46 bits per heavy atom. The summed E-state index contributed by atoms with van der Waals surface area (Å²) in [6, 6.07) is 9.79. The Hall–Kier alpha value is -4.47. The SMILES string of the molecule is CC(=O)CCCCn1cc(CCCC(=O)Nc2ccc3c(c2)-c2ccc(NC(=O)C(C)(C)C)cc2C(=O)C3=O)nn1. The molecule has 0 saturated heterocycles. The van der Waals surface area contributed by atoms with Crippen molar-refractivity contribution in [1.29, 1.82) is 0 Å². The van der Waals surface area contributed by atoms with Crippen molar-refractivity contribution in [2.75, 3.05) is 10.6 Å². The normalized spacial score (nSPS) is 12.5. The highest BCUT2D eigenvalue weighted by Crippen LogP contribution is 2.37. The Balaban J connectivity index is 1.37. The number of unbranched alkanes of at least 4 members (excludes halogenated alkanes) is 1. The predicted molar refractivity (Wildman–Crippen MR) is 155 cm³/mol. The fourth-order valence-electron chi connectivity index (χ4n) is 4.51. The van der Waals surface area contributed by atoms with Gasteiger partial charge in [0, 0.05) is 53.5 Å². The van der Waals surface area contributed by atoms with Crippen molar-refractivity contribution < 1.29 is 24.0 Å². The molecule has 10 heteroatoms. The first kappa shape index (κ1) is 29.5. The minimum atomic E-state index is -0.635. The second-order valence-electron chi connectivity index (χ2n) is 11.4. The maximum absolute atomic E-state index is 12.8. The molecule has 0 unspecified atom stereocenters. The molecule has 0 fully saturated rings. The number of anilines is 2. The zero-order valence-corrected chi connectivity index (χ0v) is 23.9. The van der Waals surface area contributed by atoms with Gasteiger partial charge in [-0.3, -0.25) is 23.9 Å². The fourth-order valence-corrected chi connectivity index (χ4v) is 4.51. The highest BCUT2D eigenvalue weighted by Gasteiger charge is 2.31. The quantitative estimate of drug-likeness (QED) is 0.249. The molecule has 4 rings (SSSR count). The van der Waals surface area contributed by atoms with E-state index in [-0.39, 0.29) is 35.1 Å². The standard InChI is InChI=1S/C31H35N5O5/c1-19(37)8-5-6-15-36-18-22(34-35-36)9-7-10-27(38)32-20-12-14-24-25(16-20)23-13-11-21(33-30(41)31(2,3)4)17-26(23)29(40)28(24)39/h11-14,16-18H,5-10,15H2,1-4H3,(H,32,38)(H,33,41). The first-order valence-electron chi connectivity index (χ1n) is 13.8. The summed E-state index contributed by atoms with van der Waals surface area (Å²) in [5.74, 6) is -1.47. The van der Waals surface area contributed by atoms with Gasteiger partial charge in [-0.05, 0) is 74.1 Å². The molecule has 1 aliphatic rings. The summed E-state index contributed by atoms with van der Waals surface area (Å²) >= 11 is 0. The van der Waals surface area contributed by atoms with E-state index in [0.29, 0.717) is 48.3 Å². The lowest BCUT2D eigenvalue weighted by Gasteiger charge is -2.21. The van der Waals surface area contributed by atoms with Crippen LogP contribution in [0.2, 0.25) is 0 Å². The van der Waals surface area contributed by atoms with Crippen LogP contribution in [0.15, 0.2) is 42.6 Å². The van der Waals surface area contributed by atoms with Crippen LogP contribution in [-0.2, 0) is 27.3 Å². The number of nitrogens with zero attached hydrogens (tertiary/aromatic N) is 3. The van der Waals surface area contributed by atoms with E-state index in [1.807, 2.05) is 6.20 Å². The summed E-state index contributed by atoms with van der Waals surface area (Å²) in [5, 5.41) is 13.9. The van der Waals surface area contributed by atoms with Crippen molar-refractivity contribution in [1.82, 2.24) is 15.0 Å². The van der Waals surface area contributed by atoms with Crippen LogP contribution < -0.4 is 10.6 Å². The van der Waals surface area contributed by atoms with E-state index >= 15 is 0 Å². The molecule has 0 saturated carbocycles. The third-order valence-electron chi connectivity index (χ3n) is 6.84. The topological polar surface area (TPSA) is 140 Å². The number of amides is 2. The van der Waals surface area contributed by atoms with Crippen LogP contribution in [-0.4, -0.2) is 44.2 Å². The van der Waals surface area contributed by atoms with Gasteiger partial charge in [-0.15, -0.1) is 5.10 Å². The molecule has 0 aliphatic heterocycles. The third kappa shape index (κ3) is 7.39. The van der Waals surface area contributed by atoms with Crippen molar-refractivity contribution in [3.05, 3.63) is 59.4 Å². The zero-order chi connectivity index (χ0) is 29.7. The number of carbonyl (C=O) groups is 5. The van der Waals surface area contributed by atoms with Crippen molar-refractivity contribution in [3.63, 3.8) is 0 Å². The number of hydrogen-bond donors (Lipinski definition) is 2. The van der Waals surface area contributed by atoms with Gasteiger partial charge in [0.2, 0.25) is 23.4 Å². The van der Waals surface area contributed by atoms with Crippen LogP contribution in [0.4, 0.5) is 11.4 Å². The fraction of sp³-hybridized carbons (Fsp3) is 0.387. The molecule has 1 aromatic heterocycles. The van der Waals surface area contributed by atoms with E-state index in [9.17, 15) is 24.0 Å². The number of ketones is 3.